The lowest BCUT2D eigenvalue weighted by molar-refractivity contribution is 0.118. The number of hydrogen-bond donors (Lipinski definition) is 2. The van der Waals surface area contributed by atoms with Gasteiger partial charge in [-0.25, -0.2) is 9.59 Å². The standard InChI is InChI=1S/C22H27N3O3/c1-22(2,3)17-6-9-18(10-7-17)23-20(26)24-19-8-5-15-11-12-25(21(27)28-4)14-16(15)13-19/h5-10,13H,11-12,14H2,1-4H3,(H2,23,24,26). The summed E-state index contributed by atoms with van der Waals surface area (Å²) in [6.07, 6.45) is 0.442. The highest BCUT2D eigenvalue weighted by molar-refractivity contribution is 5.99. The Morgan fingerprint density at radius 3 is 2.25 bits per heavy atom. The minimum atomic E-state index is -0.333. The molecule has 3 amide bonds. The molecule has 0 unspecified atom stereocenters. The summed E-state index contributed by atoms with van der Waals surface area (Å²) >= 11 is 0. The maximum Gasteiger partial charge on any atom is 0.409 e. The lowest BCUT2D eigenvalue weighted by Gasteiger charge is -2.28. The zero-order valence-electron chi connectivity index (χ0n) is 16.8. The van der Waals surface area contributed by atoms with Crippen LogP contribution in [0.5, 0.6) is 0 Å². The van der Waals surface area contributed by atoms with E-state index in [4.69, 9.17) is 4.74 Å². The van der Waals surface area contributed by atoms with Crippen molar-refractivity contribution in [3.63, 3.8) is 0 Å². The van der Waals surface area contributed by atoms with Gasteiger partial charge in [-0.05, 0) is 52.8 Å². The summed E-state index contributed by atoms with van der Waals surface area (Å²) in [6.45, 7) is 7.57. The van der Waals surface area contributed by atoms with Crippen LogP contribution in [0.3, 0.4) is 0 Å². The number of hydrogen-bond acceptors (Lipinski definition) is 3. The fourth-order valence-electron chi connectivity index (χ4n) is 3.27. The van der Waals surface area contributed by atoms with Gasteiger partial charge in [-0.1, -0.05) is 39.0 Å². The molecule has 0 bridgehead atoms. The van der Waals surface area contributed by atoms with Crippen molar-refractivity contribution in [1.29, 1.82) is 0 Å². The van der Waals surface area contributed by atoms with Gasteiger partial charge in [-0.2, -0.15) is 0 Å². The van der Waals surface area contributed by atoms with Crippen LogP contribution in [0, 0.1) is 0 Å². The first kappa shape index (κ1) is 19.7. The Morgan fingerprint density at radius 2 is 1.61 bits per heavy atom. The van der Waals surface area contributed by atoms with Crippen molar-refractivity contribution in [2.45, 2.75) is 39.2 Å². The van der Waals surface area contributed by atoms with Crippen molar-refractivity contribution in [3.05, 3.63) is 59.2 Å². The van der Waals surface area contributed by atoms with Gasteiger partial charge in [0.25, 0.3) is 0 Å². The second kappa shape index (κ2) is 7.92. The van der Waals surface area contributed by atoms with Crippen LogP contribution >= 0.6 is 0 Å². The smallest absolute Gasteiger partial charge is 0.409 e. The Kier molecular flexibility index (Phi) is 5.58. The van der Waals surface area contributed by atoms with E-state index in [1.165, 1.54) is 18.2 Å². The Balaban J connectivity index is 1.64. The molecule has 0 saturated carbocycles. The first-order valence-corrected chi connectivity index (χ1v) is 9.39. The average Bonchev–Trinajstić information content (AvgIpc) is 2.66. The van der Waals surface area contributed by atoms with Gasteiger partial charge in [0, 0.05) is 24.5 Å². The minimum Gasteiger partial charge on any atom is -0.453 e. The molecule has 2 aromatic rings. The molecule has 0 saturated heterocycles. The van der Waals surface area contributed by atoms with Crippen LogP contribution in [0.2, 0.25) is 0 Å². The minimum absolute atomic E-state index is 0.0714. The number of nitrogens with zero attached hydrogens (tertiary/aromatic N) is 1. The molecule has 2 N–H and O–H groups in total. The number of nitrogens with one attached hydrogen (secondary N) is 2. The fourth-order valence-corrected chi connectivity index (χ4v) is 3.27. The molecule has 0 aliphatic carbocycles. The molecule has 0 fully saturated rings. The average molecular weight is 381 g/mol. The molecule has 0 radical (unpaired) electrons. The highest BCUT2D eigenvalue weighted by Gasteiger charge is 2.21. The molecule has 6 nitrogen and oxygen atoms in total. The van der Waals surface area contributed by atoms with E-state index in [1.54, 1.807) is 4.90 Å². The predicted octanol–water partition coefficient (Wildman–Crippen LogP) is 4.75. The molecular formula is C22H27N3O3. The zero-order valence-corrected chi connectivity index (χ0v) is 16.8. The summed E-state index contributed by atoms with van der Waals surface area (Å²) in [5.41, 5.74) is 4.91. The van der Waals surface area contributed by atoms with Gasteiger partial charge >= 0.3 is 12.1 Å². The van der Waals surface area contributed by atoms with Crippen LogP contribution in [0.25, 0.3) is 0 Å². The van der Waals surface area contributed by atoms with Crippen LogP contribution in [-0.2, 0) is 23.1 Å². The third-order valence-corrected chi connectivity index (χ3v) is 4.92. The number of ether oxygens (including phenoxy) is 1. The van der Waals surface area contributed by atoms with E-state index in [9.17, 15) is 9.59 Å². The van der Waals surface area contributed by atoms with Crippen LogP contribution in [0.4, 0.5) is 21.0 Å². The largest absolute Gasteiger partial charge is 0.453 e. The van der Waals surface area contributed by atoms with E-state index < -0.39 is 0 Å². The third-order valence-electron chi connectivity index (χ3n) is 4.92. The molecule has 1 aliphatic heterocycles. The van der Waals surface area contributed by atoms with Crippen molar-refractivity contribution in [2.24, 2.45) is 0 Å². The summed E-state index contributed by atoms with van der Waals surface area (Å²) in [6, 6.07) is 13.3. The number of rotatable bonds is 2. The van der Waals surface area contributed by atoms with Crippen LogP contribution in [0.1, 0.15) is 37.5 Å². The monoisotopic (exact) mass is 381 g/mol. The molecule has 2 aromatic carbocycles. The summed E-state index contributed by atoms with van der Waals surface area (Å²) in [4.78, 5) is 25.8. The van der Waals surface area contributed by atoms with Crippen LogP contribution < -0.4 is 10.6 Å². The highest BCUT2D eigenvalue weighted by atomic mass is 16.5. The quantitative estimate of drug-likeness (QED) is 0.788. The van der Waals surface area contributed by atoms with E-state index in [0.29, 0.717) is 18.8 Å². The molecule has 28 heavy (non-hydrogen) atoms. The van der Waals surface area contributed by atoms with Gasteiger partial charge in [0.1, 0.15) is 0 Å². The van der Waals surface area contributed by atoms with E-state index >= 15 is 0 Å². The van der Waals surface area contributed by atoms with Crippen molar-refractivity contribution in [2.75, 3.05) is 24.3 Å². The third kappa shape index (κ3) is 4.63. The number of benzene rings is 2. The first-order chi connectivity index (χ1) is 13.3. The maximum absolute atomic E-state index is 12.3. The lowest BCUT2D eigenvalue weighted by atomic mass is 9.87. The van der Waals surface area contributed by atoms with Crippen molar-refractivity contribution >= 4 is 23.5 Å². The van der Waals surface area contributed by atoms with Crippen LogP contribution in [0.15, 0.2) is 42.5 Å². The number of carbonyl (C=O) groups excluding carboxylic acids is 2. The summed E-state index contributed by atoms with van der Waals surface area (Å²) in [5, 5.41) is 5.71. The number of fused-ring (bicyclic) bond motifs is 1. The number of urea groups is 1. The van der Waals surface area contributed by atoms with Crippen LogP contribution in [-0.4, -0.2) is 30.7 Å². The van der Waals surface area contributed by atoms with E-state index in [2.05, 4.69) is 31.4 Å². The highest BCUT2D eigenvalue weighted by Crippen LogP contribution is 2.25. The molecule has 0 aromatic heterocycles. The summed E-state index contributed by atoms with van der Waals surface area (Å²) in [5.74, 6) is 0. The molecule has 1 aliphatic rings. The lowest BCUT2D eigenvalue weighted by Crippen LogP contribution is -2.35. The zero-order chi connectivity index (χ0) is 20.3. The van der Waals surface area contributed by atoms with Gasteiger partial charge in [-0.15, -0.1) is 0 Å². The van der Waals surface area contributed by atoms with Gasteiger partial charge in [-0.3, -0.25) is 0 Å². The molecule has 0 spiro atoms. The Morgan fingerprint density at radius 1 is 0.964 bits per heavy atom. The Labute approximate surface area is 165 Å². The van der Waals surface area contributed by atoms with Gasteiger partial charge in [0.15, 0.2) is 0 Å². The molecule has 1 heterocycles. The first-order valence-electron chi connectivity index (χ1n) is 9.39. The summed E-state index contributed by atoms with van der Waals surface area (Å²) < 4.78 is 4.80. The fraction of sp³-hybridized carbons (Fsp3) is 0.364. The Hall–Kier alpha value is -3.02. The number of carbonyl (C=O) groups is 2. The predicted molar refractivity (Wildman–Crippen MR) is 111 cm³/mol. The SMILES string of the molecule is COC(=O)N1CCc2ccc(NC(=O)Nc3ccc(C(C)(C)C)cc3)cc2C1. The topological polar surface area (TPSA) is 70.7 Å². The molecule has 3 rings (SSSR count). The maximum atomic E-state index is 12.3. The van der Waals surface area contributed by atoms with Crippen molar-refractivity contribution < 1.29 is 14.3 Å². The van der Waals surface area contributed by atoms with E-state index in [0.717, 1.165) is 17.7 Å². The number of methoxy groups -OCH3 is 1. The van der Waals surface area contributed by atoms with Gasteiger partial charge < -0.3 is 20.3 Å². The van der Waals surface area contributed by atoms with E-state index in [1.807, 2.05) is 42.5 Å². The normalized spacial score (nSPS) is 13.5. The summed E-state index contributed by atoms with van der Waals surface area (Å²) in [7, 11) is 1.38. The second-order valence-corrected chi connectivity index (χ2v) is 8.03. The number of amides is 3. The van der Waals surface area contributed by atoms with Crippen molar-refractivity contribution in [1.82, 2.24) is 4.90 Å². The molecular weight excluding hydrogens is 354 g/mol. The number of anilines is 2. The second-order valence-electron chi connectivity index (χ2n) is 8.03. The van der Waals surface area contributed by atoms with Gasteiger partial charge in [0.2, 0.25) is 0 Å². The Bertz CT molecular complexity index is 870. The van der Waals surface area contributed by atoms with E-state index in [-0.39, 0.29) is 17.5 Å². The molecule has 148 valence electrons. The molecule has 0 atom stereocenters. The van der Waals surface area contributed by atoms with Gasteiger partial charge in [0.05, 0.1) is 7.11 Å². The van der Waals surface area contributed by atoms with Crippen molar-refractivity contribution in [3.8, 4) is 0 Å². The molecule has 6 heteroatoms.